The van der Waals surface area contributed by atoms with Crippen molar-refractivity contribution in [1.29, 1.82) is 0 Å². The van der Waals surface area contributed by atoms with Gasteiger partial charge in [-0.3, -0.25) is 14.7 Å². The monoisotopic (exact) mass is 521 g/mol. The molecule has 36 heavy (non-hydrogen) atoms. The Balaban J connectivity index is 1.34. The van der Waals surface area contributed by atoms with E-state index < -0.39 is 37.8 Å². The van der Waals surface area contributed by atoms with Gasteiger partial charge < -0.3 is 42.6 Å². The quantitative estimate of drug-likeness (QED) is 0.217. The Hall–Kier alpha value is -2.43. The van der Waals surface area contributed by atoms with Gasteiger partial charge in [-0.15, -0.1) is 0 Å². The number of ether oxygens (including phenoxy) is 9. The molecule has 0 bridgehead atoms. The third kappa shape index (κ3) is 11.5. The largest absolute Gasteiger partial charge is 0.508 e. The Labute approximate surface area is 209 Å². The third-order valence-corrected chi connectivity index (χ3v) is 5.40. The maximum Gasteiger partial charge on any atom is 0.508 e. The van der Waals surface area contributed by atoms with Crippen LogP contribution in [0.1, 0.15) is 0 Å². The highest BCUT2D eigenvalue weighted by molar-refractivity contribution is 5.61. The van der Waals surface area contributed by atoms with E-state index in [1.165, 1.54) is 0 Å². The van der Waals surface area contributed by atoms with Crippen molar-refractivity contribution in [3.05, 3.63) is 0 Å². The summed E-state index contributed by atoms with van der Waals surface area (Å²) in [6.45, 7) is 6.62. The molecule has 0 saturated carbocycles. The van der Waals surface area contributed by atoms with Crippen LogP contribution >= 0.6 is 0 Å². The zero-order valence-corrected chi connectivity index (χ0v) is 20.3. The Bertz CT molecular complexity index is 629. The fourth-order valence-corrected chi connectivity index (χ4v) is 3.35. The molecule has 3 aliphatic heterocycles. The van der Waals surface area contributed by atoms with Gasteiger partial charge in [0.05, 0.1) is 40.0 Å². The lowest BCUT2D eigenvalue weighted by molar-refractivity contribution is -0.0476. The maximum atomic E-state index is 12.1. The van der Waals surface area contributed by atoms with Crippen molar-refractivity contribution < 1.29 is 57.0 Å². The van der Waals surface area contributed by atoms with E-state index in [0.29, 0.717) is 59.6 Å². The Morgan fingerprint density at radius 2 is 0.972 bits per heavy atom. The van der Waals surface area contributed by atoms with E-state index in [4.69, 9.17) is 42.6 Å². The molecule has 206 valence electrons. The van der Waals surface area contributed by atoms with Crippen molar-refractivity contribution in [3.63, 3.8) is 0 Å². The molecule has 0 aliphatic carbocycles. The first-order valence-corrected chi connectivity index (χ1v) is 11.9. The van der Waals surface area contributed by atoms with Gasteiger partial charge in [0.25, 0.3) is 0 Å². The second kappa shape index (κ2) is 16.3. The van der Waals surface area contributed by atoms with Crippen molar-refractivity contribution in [2.24, 2.45) is 0 Å². The van der Waals surface area contributed by atoms with E-state index in [-0.39, 0.29) is 19.8 Å². The number of hydrogen-bond donors (Lipinski definition) is 0. The molecule has 3 saturated heterocycles. The first-order chi connectivity index (χ1) is 17.6. The van der Waals surface area contributed by atoms with Crippen molar-refractivity contribution >= 4 is 18.5 Å². The van der Waals surface area contributed by atoms with E-state index in [1.807, 2.05) is 14.7 Å². The van der Waals surface area contributed by atoms with Gasteiger partial charge in [-0.25, -0.2) is 14.4 Å². The molecule has 0 N–H and O–H groups in total. The predicted octanol–water partition coefficient (Wildman–Crippen LogP) is -0.316. The second-order valence-electron chi connectivity index (χ2n) is 8.12. The Morgan fingerprint density at radius 1 is 0.583 bits per heavy atom. The molecule has 0 atom stereocenters. The molecule has 15 heteroatoms. The summed E-state index contributed by atoms with van der Waals surface area (Å²) >= 11 is 0. The molecule has 15 nitrogen and oxygen atoms in total. The molecule has 0 radical (unpaired) electrons. The van der Waals surface area contributed by atoms with Gasteiger partial charge in [-0.2, -0.15) is 0 Å². The van der Waals surface area contributed by atoms with Crippen LogP contribution in [0.5, 0.6) is 0 Å². The zero-order chi connectivity index (χ0) is 25.4. The summed E-state index contributed by atoms with van der Waals surface area (Å²) in [7, 11) is 0. The van der Waals surface area contributed by atoms with Crippen LogP contribution in [0.2, 0.25) is 0 Å². The average molecular weight is 522 g/mol. The lowest BCUT2D eigenvalue weighted by atomic mass is 10.4. The van der Waals surface area contributed by atoms with Crippen molar-refractivity contribution in [2.75, 3.05) is 112 Å². The Morgan fingerprint density at radius 3 is 1.33 bits per heavy atom. The van der Waals surface area contributed by atoms with Gasteiger partial charge in [0.15, 0.2) is 6.10 Å². The number of carbonyl (C=O) groups excluding carboxylic acids is 3. The summed E-state index contributed by atoms with van der Waals surface area (Å²) in [6, 6.07) is 0. The molecular formula is C21H35N3O12. The first-order valence-electron chi connectivity index (χ1n) is 11.9. The number of hydrogen-bond acceptors (Lipinski definition) is 15. The van der Waals surface area contributed by atoms with E-state index in [1.54, 1.807) is 0 Å². The van der Waals surface area contributed by atoms with E-state index in [2.05, 4.69) is 0 Å². The maximum absolute atomic E-state index is 12.1. The van der Waals surface area contributed by atoms with Gasteiger partial charge in [0.2, 0.25) is 0 Å². The highest BCUT2D eigenvalue weighted by Crippen LogP contribution is 2.04. The molecule has 0 spiro atoms. The van der Waals surface area contributed by atoms with Crippen LogP contribution in [0.15, 0.2) is 0 Å². The number of nitrogens with zero attached hydrogens (tertiary/aromatic N) is 3. The molecule has 3 heterocycles. The van der Waals surface area contributed by atoms with E-state index >= 15 is 0 Å². The van der Waals surface area contributed by atoms with Gasteiger partial charge in [-0.05, 0) is 0 Å². The van der Waals surface area contributed by atoms with Crippen LogP contribution in [-0.2, 0) is 42.6 Å². The summed E-state index contributed by atoms with van der Waals surface area (Å²) in [5, 5.41) is 0. The molecule has 3 aliphatic rings. The third-order valence-electron chi connectivity index (χ3n) is 5.40. The highest BCUT2D eigenvalue weighted by Gasteiger charge is 2.22. The summed E-state index contributed by atoms with van der Waals surface area (Å²) in [5.41, 5.74) is 0. The minimum atomic E-state index is -1.12. The minimum Gasteiger partial charge on any atom is -0.433 e. The highest BCUT2D eigenvalue weighted by atomic mass is 16.8. The molecule has 3 rings (SSSR count). The second-order valence-corrected chi connectivity index (χ2v) is 8.12. The summed E-state index contributed by atoms with van der Waals surface area (Å²) in [6.07, 6.45) is -3.99. The standard InChI is InChI=1S/C21H35N3O12/c25-19(31-10-4-22-1-7-28-15-22)34-13-18(36-21(27)33-12-6-24-3-9-30-17-24)14-35-20(26)32-11-5-23-2-8-29-16-23/h18H,1-17H2. The number of carbonyl (C=O) groups is 3. The SMILES string of the molecule is O=C(OCCN1CCOC1)OCC(COC(=O)OCCN1CCOC1)OC(=O)OCCN1CCOC1. The molecule has 0 amide bonds. The molecule has 3 fully saturated rings. The molecule has 0 aromatic carbocycles. The van der Waals surface area contributed by atoms with Crippen LogP contribution in [0.25, 0.3) is 0 Å². The van der Waals surface area contributed by atoms with Gasteiger partial charge >= 0.3 is 18.5 Å². The van der Waals surface area contributed by atoms with Crippen LogP contribution < -0.4 is 0 Å². The van der Waals surface area contributed by atoms with Crippen LogP contribution in [0.4, 0.5) is 14.4 Å². The normalized spacial score (nSPS) is 18.9. The lowest BCUT2D eigenvalue weighted by Crippen LogP contribution is -2.33. The van der Waals surface area contributed by atoms with E-state index in [9.17, 15) is 14.4 Å². The summed E-state index contributed by atoms with van der Waals surface area (Å²) in [4.78, 5) is 41.8. The molecular weight excluding hydrogens is 486 g/mol. The minimum absolute atomic E-state index is 0.0845. The van der Waals surface area contributed by atoms with Crippen molar-refractivity contribution in [3.8, 4) is 0 Å². The van der Waals surface area contributed by atoms with Crippen molar-refractivity contribution in [1.82, 2.24) is 14.7 Å². The van der Waals surface area contributed by atoms with Gasteiger partial charge in [0.1, 0.15) is 33.0 Å². The first kappa shape index (κ1) is 28.1. The molecule has 0 aromatic rings. The zero-order valence-electron chi connectivity index (χ0n) is 20.3. The molecule has 0 unspecified atom stereocenters. The number of rotatable bonds is 14. The van der Waals surface area contributed by atoms with Crippen LogP contribution in [0.3, 0.4) is 0 Å². The van der Waals surface area contributed by atoms with Gasteiger partial charge in [-0.1, -0.05) is 0 Å². The summed E-state index contributed by atoms with van der Waals surface area (Å²) < 4.78 is 45.9. The average Bonchev–Trinajstić information content (AvgIpc) is 3.65. The van der Waals surface area contributed by atoms with Crippen LogP contribution in [0, 0.1) is 0 Å². The molecule has 0 aromatic heterocycles. The van der Waals surface area contributed by atoms with Crippen molar-refractivity contribution in [2.45, 2.75) is 6.10 Å². The predicted molar refractivity (Wildman–Crippen MR) is 118 cm³/mol. The topological polar surface area (TPSA) is 144 Å². The lowest BCUT2D eigenvalue weighted by Gasteiger charge is -2.19. The summed E-state index contributed by atoms with van der Waals surface area (Å²) in [5.74, 6) is 0. The van der Waals surface area contributed by atoms with Gasteiger partial charge in [0, 0.05) is 39.3 Å². The Kier molecular flexibility index (Phi) is 12.8. The van der Waals surface area contributed by atoms with E-state index in [0.717, 1.165) is 19.6 Å². The smallest absolute Gasteiger partial charge is 0.433 e. The fourth-order valence-electron chi connectivity index (χ4n) is 3.35. The van der Waals surface area contributed by atoms with Crippen LogP contribution in [-0.4, -0.2) is 152 Å². The fraction of sp³-hybridized carbons (Fsp3) is 0.857.